The van der Waals surface area contributed by atoms with Gasteiger partial charge in [-0.3, -0.25) is 9.98 Å². The summed E-state index contributed by atoms with van der Waals surface area (Å²) >= 11 is 0. The largest absolute Gasteiger partial charge is 3.00 e. The average Bonchev–Trinajstić information content (AvgIpc) is 3.31. The maximum absolute atomic E-state index is 8.89. The van der Waals surface area contributed by atoms with Crippen molar-refractivity contribution in [1.82, 2.24) is 0 Å². The van der Waals surface area contributed by atoms with E-state index in [0.717, 1.165) is 36.1 Å². The Hall–Kier alpha value is -2.32. The number of carbonyl (C=O) groups excluding carboxylic acids is 2. The normalized spacial score (nSPS) is 17.9. The number of benzene rings is 1. The first-order chi connectivity index (χ1) is 14.8. The Labute approximate surface area is 214 Å². The third kappa shape index (κ3) is 10.7. The number of carboxylic acids is 2. The van der Waals surface area contributed by atoms with E-state index in [-0.39, 0.29) is 37.0 Å². The van der Waals surface area contributed by atoms with Crippen molar-refractivity contribution in [2.45, 2.75) is 67.5 Å². The number of hydrogen-bond acceptors (Lipinski definition) is 8. The molecule has 0 radical (unpaired) electrons. The second kappa shape index (κ2) is 15.6. The van der Waals surface area contributed by atoms with Gasteiger partial charge in [0, 0.05) is 11.9 Å². The number of ether oxygens (including phenoxy) is 2. The molecule has 2 atom stereocenters. The second-order valence-corrected chi connectivity index (χ2v) is 8.48. The first-order valence-corrected chi connectivity index (χ1v) is 10.6. The topological polar surface area (TPSA) is 155 Å². The van der Waals surface area contributed by atoms with Crippen LogP contribution in [0.3, 0.4) is 0 Å². The van der Waals surface area contributed by atoms with E-state index in [1.807, 2.05) is 0 Å². The summed E-state index contributed by atoms with van der Waals surface area (Å²) in [5.74, 6) is 0.182. The van der Waals surface area contributed by atoms with Crippen LogP contribution in [0.15, 0.2) is 16.1 Å². The monoisotopic (exact) mass is 566 g/mol. The minimum atomic E-state index is -1.08. The number of nitrogens with zero attached hydrogens (tertiary/aromatic N) is 2. The summed E-state index contributed by atoms with van der Waals surface area (Å²) in [4.78, 5) is 27.3. The van der Waals surface area contributed by atoms with Gasteiger partial charge in [-0.05, 0) is 25.7 Å². The zero-order chi connectivity index (χ0) is 24.6. The third-order valence-corrected chi connectivity index (χ3v) is 4.79. The summed E-state index contributed by atoms with van der Waals surface area (Å²) < 4.78 is 11.7. The molecule has 0 fully saturated rings. The van der Waals surface area contributed by atoms with Crippen LogP contribution in [0.25, 0.3) is 0 Å². The van der Waals surface area contributed by atoms with E-state index in [1.165, 1.54) is 0 Å². The summed E-state index contributed by atoms with van der Waals surface area (Å²) in [7, 11) is 0. The number of aliphatic carboxylic acids is 2. The Balaban J connectivity index is 0. The molecule has 10 heteroatoms. The van der Waals surface area contributed by atoms with Gasteiger partial charge in [0.25, 0.3) is 0 Å². The van der Waals surface area contributed by atoms with Gasteiger partial charge in [-0.1, -0.05) is 52.7 Å². The Morgan fingerprint density at radius 2 is 1.18 bits per heavy atom. The molecule has 2 aliphatic rings. The van der Waals surface area contributed by atoms with E-state index in [9.17, 15) is 0 Å². The summed E-state index contributed by atoms with van der Waals surface area (Å²) in [6, 6.07) is 6.07. The molecule has 0 saturated carbocycles. The fourth-order valence-electron chi connectivity index (χ4n) is 2.97. The van der Waals surface area contributed by atoms with Gasteiger partial charge >= 0.3 is 19.5 Å². The van der Waals surface area contributed by atoms with Gasteiger partial charge < -0.3 is 34.8 Å². The fourth-order valence-corrected chi connectivity index (χ4v) is 2.97. The molecule has 9 nitrogen and oxygen atoms in total. The van der Waals surface area contributed by atoms with Crippen molar-refractivity contribution < 1.29 is 54.2 Å². The number of carboxylic acid groups (broad SMARTS) is 2. The fraction of sp³-hybridized carbons (Fsp3) is 0.583. The second-order valence-electron chi connectivity index (χ2n) is 8.48. The maximum atomic E-state index is 8.89. The predicted molar refractivity (Wildman–Crippen MR) is 122 cm³/mol. The predicted octanol–water partition coefficient (Wildman–Crippen LogP) is 0.392. The SMILES string of the molecule is CC(=O)[O-].CC(=O)[O-].Cc1cc(C)c(C2=N[C@H](C(C)C)CO2)[c-]c1C1=N[C@H](C(C)C)CO1.O.[Rh+3]. The van der Waals surface area contributed by atoms with Gasteiger partial charge in [-0.2, -0.15) is 0 Å². The van der Waals surface area contributed by atoms with Crippen molar-refractivity contribution in [3.8, 4) is 0 Å². The summed E-state index contributed by atoms with van der Waals surface area (Å²) in [6.07, 6.45) is 0. The van der Waals surface area contributed by atoms with Gasteiger partial charge in [0.15, 0.2) is 0 Å². The van der Waals surface area contributed by atoms with E-state index in [0.29, 0.717) is 36.8 Å². The van der Waals surface area contributed by atoms with Crippen LogP contribution in [0, 0.1) is 31.7 Å². The molecule has 0 amide bonds. The van der Waals surface area contributed by atoms with E-state index < -0.39 is 11.9 Å². The molecule has 0 aliphatic carbocycles. The zero-order valence-corrected chi connectivity index (χ0v) is 22.6. The molecule has 3 rings (SSSR count). The molecule has 1 aromatic rings. The van der Waals surface area contributed by atoms with Crippen LogP contribution in [-0.4, -0.2) is 54.5 Å². The smallest absolute Gasteiger partial charge is 0.550 e. The van der Waals surface area contributed by atoms with Crippen molar-refractivity contribution in [2.24, 2.45) is 21.8 Å². The molecule has 0 spiro atoms. The van der Waals surface area contributed by atoms with Gasteiger partial charge in [0.05, 0.1) is 12.1 Å². The van der Waals surface area contributed by atoms with Crippen molar-refractivity contribution in [3.63, 3.8) is 0 Å². The van der Waals surface area contributed by atoms with E-state index >= 15 is 0 Å². The maximum Gasteiger partial charge on any atom is 3.00 e. The van der Waals surface area contributed by atoms with Crippen molar-refractivity contribution in [2.75, 3.05) is 13.2 Å². The molecule has 2 heterocycles. The molecule has 2 N–H and O–H groups in total. The molecule has 0 bridgehead atoms. The number of aliphatic imine (C=N–C) groups is 2. The van der Waals surface area contributed by atoms with Gasteiger partial charge in [-0.15, -0.1) is 23.3 Å². The van der Waals surface area contributed by atoms with E-state index in [1.54, 1.807) is 0 Å². The van der Waals surface area contributed by atoms with Crippen molar-refractivity contribution in [3.05, 3.63) is 34.4 Å². The Kier molecular flexibility index (Phi) is 15.5. The zero-order valence-electron chi connectivity index (χ0n) is 21.0. The Morgan fingerprint density at radius 1 is 0.882 bits per heavy atom. The number of hydrogen-bond donors (Lipinski definition) is 0. The molecule has 2 aliphatic heterocycles. The summed E-state index contributed by atoms with van der Waals surface area (Å²) in [5, 5.41) is 17.8. The first kappa shape index (κ1) is 33.9. The number of rotatable bonds is 4. The number of carbonyl (C=O) groups is 2. The van der Waals surface area contributed by atoms with Crippen molar-refractivity contribution in [1.29, 1.82) is 0 Å². The van der Waals surface area contributed by atoms with Crippen LogP contribution in [-0.2, 0) is 38.5 Å². The standard InChI is InChI=1S/C20H27N2O2.2C2H4O2.H2O.Rh/c1-11(2)17-9-23-19(21-17)15-8-16(14(6)7-13(15)5)20-22-18(10-24-20)12(3)4;2*1-2(3)4;;/h7,11-12,17-18H,9-10H2,1-6H3;2*1H3,(H,3,4);1H2;/q-1;;;;+3/p-2/t17-,18-;;;;/m0..../s1. The van der Waals surface area contributed by atoms with Crippen molar-refractivity contribution >= 4 is 23.7 Å². The molecule has 0 saturated heterocycles. The van der Waals surface area contributed by atoms with E-state index in [2.05, 4.69) is 53.7 Å². The number of aryl methyl sites for hydroxylation is 2. The van der Waals surface area contributed by atoms with Crippen LogP contribution < -0.4 is 10.2 Å². The Morgan fingerprint density at radius 3 is 1.41 bits per heavy atom. The van der Waals surface area contributed by atoms with Gasteiger partial charge in [0.1, 0.15) is 25.0 Å². The van der Waals surface area contributed by atoms with Gasteiger partial charge in [-0.25, -0.2) is 0 Å². The van der Waals surface area contributed by atoms with Crippen LogP contribution in [0.1, 0.15) is 63.8 Å². The summed E-state index contributed by atoms with van der Waals surface area (Å²) in [6.45, 7) is 16.1. The summed E-state index contributed by atoms with van der Waals surface area (Å²) in [5.41, 5.74) is 4.10. The molecular weight excluding hydrogens is 531 g/mol. The van der Waals surface area contributed by atoms with Gasteiger partial charge in [0.2, 0.25) is 0 Å². The quantitative estimate of drug-likeness (QED) is 0.379. The molecule has 34 heavy (non-hydrogen) atoms. The molecular formula is C24H35N2O7Rh. The van der Waals surface area contributed by atoms with Crippen LogP contribution in [0.2, 0.25) is 0 Å². The van der Waals surface area contributed by atoms with E-state index in [4.69, 9.17) is 39.3 Å². The molecule has 192 valence electrons. The van der Waals surface area contributed by atoms with Crippen LogP contribution in [0.4, 0.5) is 0 Å². The minimum absolute atomic E-state index is 0. The third-order valence-electron chi connectivity index (χ3n) is 4.79. The van der Waals surface area contributed by atoms with Crippen LogP contribution >= 0.6 is 0 Å². The minimum Gasteiger partial charge on any atom is -0.550 e. The molecule has 0 aromatic heterocycles. The Bertz CT molecular complexity index is 807. The average molecular weight is 566 g/mol. The molecule has 0 unspecified atom stereocenters. The van der Waals surface area contributed by atoms with Crippen LogP contribution in [0.5, 0.6) is 0 Å². The first-order valence-electron chi connectivity index (χ1n) is 10.6. The molecule has 1 aromatic carbocycles.